The molecule has 1 saturated heterocycles. The van der Waals surface area contributed by atoms with Crippen molar-refractivity contribution >= 4 is 12.4 Å². The first-order chi connectivity index (χ1) is 4.43. The minimum Gasteiger partial charge on any atom is -0.396 e. The summed E-state index contributed by atoms with van der Waals surface area (Å²) < 4.78 is 5.25. The van der Waals surface area contributed by atoms with E-state index in [-0.39, 0.29) is 25.2 Å². The number of rotatable bonds is 2. The highest BCUT2D eigenvalue weighted by Crippen LogP contribution is 1.99. The molecule has 4 heteroatoms. The second kappa shape index (κ2) is 5.92. The number of ether oxygens (including phenoxy) is 1. The van der Waals surface area contributed by atoms with Gasteiger partial charge in [-0.05, 0) is 13.0 Å². The Hall–Kier alpha value is 0.170. The minimum absolute atomic E-state index is 0. The fraction of sp³-hybridized carbons (Fsp3) is 1.00. The lowest BCUT2D eigenvalue weighted by Gasteiger charge is -2.22. The van der Waals surface area contributed by atoms with Crippen molar-refractivity contribution in [3.63, 3.8) is 0 Å². The second-order valence-corrected chi connectivity index (χ2v) is 2.18. The van der Waals surface area contributed by atoms with Crippen LogP contribution in [0.4, 0.5) is 0 Å². The molecule has 1 aliphatic heterocycles. The predicted molar refractivity (Wildman–Crippen MR) is 41.3 cm³/mol. The summed E-state index contributed by atoms with van der Waals surface area (Å²) in [5.41, 5.74) is 0. The van der Waals surface area contributed by atoms with Crippen LogP contribution in [-0.2, 0) is 4.74 Å². The molecule has 1 heterocycles. The maximum absolute atomic E-state index is 8.50. The van der Waals surface area contributed by atoms with E-state index in [2.05, 4.69) is 5.32 Å². The largest absolute Gasteiger partial charge is 0.396 e. The second-order valence-electron chi connectivity index (χ2n) is 2.18. The van der Waals surface area contributed by atoms with Crippen LogP contribution in [0, 0.1) is 0 Å². The molecule has 0 amide bonds. The van der Waals surface area contributed by atoms with Gasteiger partial charge in [-0.3, -0.25) is 5.32 Å². The van der Waals surface area contributed by atoms with Crippen molar-refractivity contribution in [2.75, 3.05) is 19.8 Å². The first-order valence-corrected chi connectivity index (χ1v) is 3.39. The molecule has 0 aromatic heterocycles. The van der Waals surface area contributed by atoms with E-state index < -0.39 is 0 Å². The van der Waals surface area contributed by atoms with Crippen molar-refractivity contribution in [2.24, 2.45) is 0 Å². The van der Waals surface area contributed by atoms with Crippen LogP contribution in [0.15, 0.2) is 0 Å². The third-order valence-electron chi connectivity index (χ3n) is 1.40. The van der Waals surface area contributed by atoms with Crippen LogP contribution in [0.25, 0.3) is 0 Å². The van der Waals surface area contributed by atoms with E-state index >= 15 is 0 Å². The summed E-state index contributed by atoms with van der Waals surface area (Å²) >= 11 is 0. The van der Waals surface area contributed by atoms with Crippen LogP contribution in [0.2, 0.25) is 0 Å². The van der Waals surface area contributed by atoms with Gasteiger partial charge in [0, 0.05) is 19.6 Å². The summed E-state index contributed by atoms with van der Waals surface area (Å²) in [5, 5.41) is 11.6. The molecule has 1 fully saturated rings. The monoisotopic (exact) mass is 167 g/mol. The molecule has 0 spiro atoms. The van der Waals surface area contributed by atoms with Crippen molar-refractivity contribution in [3.8, 4) is 0 Å². The van der Waals surface area contributed by atoms with Gasteiger partial charge in [0.1, 0.15) is 6.23 Å². The summed E-state index contributed by atoms with van der Waals surface area (Å²) in [5.74, 6) is 0. The summed E-state index contributed by atoms with van der Waals surface area (Å²) in [6.07, 6.45) is 1.89. The highest BCUT2D eigenvalue weighted by Gasteiger charge is 2.10. The van der Waals surface area contributed by atoms with Gasteiger partial charge in [0.05, 0.1) is 0 Å². The number of nitrogens with one attached hydrogen (secondary N) is 1. The molecule has 10 heavy (non-hydrogen) atoms. The van der Waals surface area contributed by atoms with Crippen molar-refractivity contribution in [3.05, 3.63) is 0 Å². The van der Waals surface area contributed by atoms with Crippen LogP contribution in [0.3, 0.4) is 0 Å². The Morgan fingerprint density at radius 2 is 2.40 bits per heavy atom. The Morgan fingerprint density at radius 1 is 1.60 bits per heavy atom. The summed E-state index contributed by atoms with van der Waals surface area (Å²) in [6, 6.07) is 0. The average molecular weight is 168 g/mol. The third kappa shape index (κ3) is 3.37. The zero-order valence-corrected chi connectivity index (χ0v) is 6.69. The molecule has 0 aliphatic carbocycles. The highest BCUT2D eigenvalue weighted by atomic mass is 35.5. The van der Waals surface area contributed by atoms with Crippen molar-refractivity contribution < 1.29 is 9.84 Å². The molecule has 1 unspecified atom stereocenters. The van der Waals surface area contributed by atoms with Gasteiger partial charge in [0.15, 0.2) is 0 Å². The molecule has 3 nitrogen and oxygen atoms in total. The van der Waals surface area contributed by atoms with Crippen LogP contribution in [0.1, 0.15) is 12.8 Å². The Bertz CT molecular complexity index is 73.4. The van der Waals surface area contributed by atoms with E-state index in [1.165, 1.54) is 0 Å². The molecule has 0 saturated carbocycles. The van der Waals surface area contributed by atoms with Gasteiger partial charge in [0.25, 0.3) is 0 Å². The summed E-state index contributed by atoms with van der Waals surface area (Å²) in [7, 11) is 0. The van der Waals surface area contributed by atoms with Crippen molar-refractivity contribution in [1.82, 2.24) is 5.32 Å². The quantitative estimate of drug-likeness (QED) is 0.614. The van der Waals surface area contributed by atoms with Gasteiger partial charge in [-0.1, -0.05) is 0 Å². The normalized spacial score (nSPS) is 25.5. The molecule has 62 valence electrons. The molecule has 0 bridgehead atoms. The minimum atomic E-state index is 0. The zero-order valence-electron chi connectivity index (χ0n) is 5.88. The van der Waals surface area contributed by atoms with Gasteiger partial charge < -0.3 is 9.84 Å². The van der Waals surface area contributed by atoms with Gasteiger partial charge >= 0.3 is 0 Å². The van der Waals surface area contributed by atoms with Gasteiger partial charge in [0.2, 0.25) is 0 Å². The Balaban J connectivity index is 0.000000810. The number of hydrogen-bond donors (Lipinski definition) is 2. The molecule has 2 N–H and O–H groups in total. The molecule has 1 aliphatic rings. The lowest BCUT2D eigenvalue weighted by atomic mass is 10.3. The SMILES string of the molecule is Cl.OCCC1NCCCO1. The lowest BCUT2D eigenvalue weighted by Crippen LogP contribution is -2.38. The molecule has 1 rings (SSSR count). The fourth-order valence-electron chi connectivity index (χ4n) is 0.922. The maximum atomic E-state index is 8.50. The van der Waals surface area contributed by atoms with Crippen LogP contribution in [-0.4, -0.2) is 31.1 Å². The van der Waals surface area contributed by atoms with Crippen LogP contribution < -0.4 is 5.32 Å². The Morgan fingerprint density at radius 3 is 2.90 bits per heavy atom. The lowest BCUT2D eigenvalue weighted by molar-refractivity contribution is -0.0122. The molecular formula is C6H14ClNO2. The number of aliphatic hydroxyl groups excluding tert-OH is 1. The molecule has 0 aromatic carbocycles. The maximum Gasteiger partial charge on any atom is 0.110 e. The molecule has 0 radical (unpaired) electrons. The Labute approximate surface area is 67.2 Å². The topological polar surface area (TPSA) is 41.5 Å². The third-order valence-corrected chi connectivity index (χ3v) is 1.40. The van der Waals surface area contributed by atoms with Gasteiger partial charge in [-0.15, -0.1) is 12.4 Å². The average Bonchev–Trinajstić information content (AvgIpc) is 1.91. The van der Waals surface area contributed by atoms with E-state index in [1.54, 1.807) is 0 Å². The van der Waals surface area contributed by atoms with E-state index in [4.69, 9.17) is 9.84 Å². The zero-order chi connectivity index (χ0) is 6.53. The number of halogens is 1. The van der Waals surface area contributed by atoms with Crippen molar-refractivity contribution in [1.29, 1.82) is 0 Å². The summed E-state index contributed by atoms with van der Waals surface area (Å²) in [4.78, 5) is 0. The van der Waals surface area contributed by atoms with Crippen LogP contribution >= 0.6 is 12.4 Å². The smallest absolute Gasteiger partial charge is 0.110 e. The van der Waals surface area contributed by atoms with Crippen molar-refractivity contribution in [2.45, 2.75) is 19.1 Å². The van der Waals surface area contributed by atoms with E-state index in [0.717, 1.165) is 19.6 Å². The molecule has 0 aromatic rings. The molecular weight excluding hydrogens is 154 g/mol. The number of aliphatic hydroxyl groups is 1. The first kappa shape index (κ1) is 10.2. The molecule has 1 atom stereocenters. The van der Waals surface area contributed by atoms with E-state index in [9.17, 15) is 0 Å². The van der Waals surface area contributed by atoms with E-state index in [0.29, 0.717) is 6.42 Å². The Kier molecular flexibility index (Phi) is 6.02. The van der Waals surface area contributed by atoms with E-state index in [1.807, 2.05) is 0 Å². The number of hydrogen-bond acceptors (Lipinski definition) is 3. The van der Waals surface area contributed by atoms with Gasteiger partial charge in [-0.25, -0.2) is 0 Å². The highest BCUT2D eigenvalue weighted by molar-refractivity contribution is 5.85. The van der Waals surface area contributed by atoms with Gasteiger partial charge in [-0.2, -0.15) is 0 Å². The summed E-state index contributed by atoms with van der Waals surface area (Å²) in [6.45, 7) is 2.06. The standard InChI is InChI=1S/C6H13NO2.ClH/c8-4-2-6-7-3-1-5-9-6;/h6-8H,1-5H2;1H. The predicted octanol–water partition coefficient (Wildman–Crippen LogP) is 0.127. The van der Waals surface area contributed by atoms with Crippen LogP contribution in [0.5, 0.6) is 0 Å². The fourth-order valence-corrected chi connectivity index (χ4v) is 0.922. The first-order valence-electron chi connectivity index (χ1n) is 3.39.